The van der Waals surface area contributed by atoms with Crippen LogP contribution in [0, 0.1) is 0 Å². The van der Waals surface area contributed by atoms with E-state index < -0.39 is 0 Å². The fraction of sp³-hybridized carbons (Fsp3) is 0.273. The lowest BCUT2D eigenvalue weighted by molar-refractivity contribution is -0.121. The molecule has 3 aromatic rings. The van der Waals surface area contributed by atoms with Gasteiger partial charge >= 0.3 is 0 Å². The zero-order valence-corrected chi connectivity index (χ0v) is 18.1. The molecular formula is C22H23N5O3S. The van der Waals surface area contributed by atoms with Crippen LogP contribution in [-0.2, 0) is 11.3 Å². The van der Waals surface area contributed by atoms with Crippen molar-refractivity contribution >= 4 is 34.4 Å². The molecule has 8 nitrogen and oxygen atoms in total. The van der Waals surface area contributed by atoms with E-state index in [1.54, 1.807) is 26.5 Å². The number of aromatic nitrogens is 4. The molecule has 1 aliphatic heterocycles. The van der Waals surface area contributed by atoms with Crippen LogP contribution in [0.15, 0.2) is 59.7 Å². The summed E-state index contributed by atoms with van der Waals surface area (Å²) in [4.78, 5) is 36.1. The Hall–Kier alpha value is -3.33. The van der Waals surface area contributed by atoms with Gasteiger partial charge in [0.05, 0.1) is 17.9 Å². The van der Waals surface area contributed by atoms with Gasteiger partial charge in [0, 0.05) is 12.7 Å². The van der Waals surface area contributed by atoms with Crippen molar-refractivity contribution in [1.29, 1.82) is 0 Å². The molecule has 0 aliphatic carbocycles. The molecule has 0 N–H and O–H groups in total. The van der Waals surface area contributed by atoms with Gasteiger partial charge in [0.25, 0.3) is 11.5 Å². The van der Waals surface area contributed by atoms with E-state index in [-0.39, 0.29) is 18.1 Å². The summed E-state index contributed by atoms with van der Waals surface area (Å²) in [6.45, 7) is 8.40. The Bertz CT molecular complexity index is 1230. The van der Waals surface area contributed by atoms with Gasteiger partial charge in [-0.15, -0.1) is 13.2 Å². The van der Waals surface area contributed by atoms with Gasteiger partial charge in [-0.2, -0.15) is 0 Å². The molecule has 31 heavy (non-hydrogen) atoms. The summed E-state index contributed by atoms with van der Waals surface area (Å²) >= 11 is 1.40. The van der Waals surface area contributed by atoms with Gasteiger partial charge in [0.2, 0.25) is 0 Å². The van der Waals surface area contributed by atoms with Gasteiger partial charge in [-0.25, -0.2) is 19.3 Å². The van der Waals surface area contributed by atoms with Crippen LogP contribution in [-0.4, -0.2) is 44.6 Å². The average Bonchev–Trinajstić information content (AvgIpc) is 3.06. The zero-order chi connectivity index (χ0) is 22.0. The number of thioether (sulfide) groups is 1. The number of amides is 1. The Morgan fingerprint density at radius 3 is 2.84 bits per heavy atom. The molecule has 0 fully saturated rings. The predicted molar refractivity (Wildman–Crippen MR) is 122 cm³/mol. The molecule has 0 spiro atoms. The molecule has 1 amide bonds. The molecule has 0 radical (unpaired) electrons. The molecule has 1 aromatic carbocycles. The van der Waals surface area contributed by atoms with Crippen LogP contribution in [0.5, 0.6) is 5.75 Å². The van der Waals surface area contributed by atoms with E-state index in [9.17, 15) is 9.59 Å². The van der Waals surface area contributed by atoms with Gasteiger partial charge in [-0.3, -0.25) is 9.59 Å². The fourth-order valence-electron chi connectivity index (χ4n) is 3.62. The highest BCUT2D eigenvalue weighted by molar-refractivity contribution is 7.98. The minimum Gasteiger partial charge on any atom is -0.482 e. The number of hydrogen-bond acceptors (Lipinski definition) is 6. The van der Waals surface area contributed by atoms with E-state index in [0.717, 1.165) is 12.8 Å². The lowest BCUT2D eigenvalue weighted by atomic mass is 10.2. The van der Waals surface area contributed by atoms with Gasteiger partial charge in [-0.05, 0) is 37.3 Å². The molecule has 160 valence electrons. The fourth-order valence-corrected chi connectivity index (χ4v) is 3.96. The molecular weight excluding hydrogens is 414 g/mol. The van der Waals surface area contributed by atoms with E-state index in [1.165, 1.54) is 11.8 Å². The van der Waals surface area contributed by atoms with Gasteiger partial charge in [-0.1, -0.05) is 23.9 Å². The SMILES string of the molecule is C=CCCCN1C(=O)COc2ccc(-n3c4nc(SC)ncc4c(=O)n3CC=C)cc21. The number of benzene rings is 1. The number of allylic oxidation sites excluding steroid dienone is 2. The number of nitrogens with zero attached hydrogens (tertiary/aromatic N) is 5. The second-order valence-corrected chi connectivity index (χ2v) is 7.77. The second-order valence-electron chi connectivity index (χ2n) is 7.00. The number of anilines is 1. The van der Waals surface area contributed by atoms with Crippen LogP contribution in [0.25, 0.3) is 16.7 Å². The molecule has 3 heterocycles. The maximum absolute atomic E-state index is 13.0. The number of hydrogen-bond donors (Lipinski definition) is 0. The standard InChI is InChI=1S/C22H23N5O3S/c1-4-6-7-11-25-17-12-15(8-9-18(17)30-14-19(25)28)27-20-16(13-23-22(24-20)31-3)21(29)26(27)10-5-2/h4-5,8-9,12-13H,1-2,6-7,10-11,14H2,3H3. The van der Waals surface area contributed by atoms with Gasteiger partial charge in [0.15, 0.2) is 17.4 Å². The summed E-state index contributed by atoms with van der Waals surface area (Å²) in [6, 6.07) is 5.54. The molecule has 2 aromatic heterocycles. The van der Waals surface area contributed by atoms with E-state index in [2.05, 4.69) is 23.1 Å². The number of ether oxygens (including phenoxy) is 1. The molecule has 4 rings (SSSR count). The van der Waals surface area contributed by atoms with E-state index in [4.69, 9.17) is 4.74 Å². The Labute approximate surface area is 183 Å². The summed E-state index contributed by atoms with van der Waals surface area (Å²) in [6.07, 6.45) is 8.55. The molecule has 1 aliphatic rings. The first-order chi connectivity index (χ1) is 15.1. The zero-order valence-electron chi connectivity index (χ0n) is 17.3. The number of unbranched alkanes of at least 4 members (excludes halogenated alkanes) is 1. The average molecular weight is 438 g/mol. The number of carbonyl (C=O) groups is 1. The summed E-state index contributed by atoms with van der Waals surface area (Å²) < 4.78 is 8.95. The van der Waals surface area contributed by atoms with E-state index in [1.807, 2.05) is 30.5 Å². The van der Waals surface area contributed by atoms with Crippen LogP contribution in [0.4, 0.5) is 5.69 Å². The number of fused-ring (bicyclic) bond motifs is 2. The number of carbonyl (C=O) groups excluding carboxylic acids is 1. The molecule has 0 bridgehead atoms. The number of rotatable bonds is 8. The third kappa shape index (κ3) is 3.76. The minimum atomic E-state index is -0.199. The summed E-state index contributed by atoms with van der Waals surface area (Å²) in [5.74, 6) is 0.539. The Balaban J connectivity index is 1.89. The van der Waals surface area contributed by atoms with Crippen LogP contribution in [0.3, 0.4) is 0 Å². The molecule has 9 heteroatoms. The topological polar surface area (TPSA) is 82.2 Å². The maximum Gasteiger partial charge on any atom is 0.278 e. The van der Waals surface area contributed by atoms with E-state index >= 15 is 0 Å². The first-order valence-electron chi connectivity index (χ1n) is 9.91. The normalized spacial score (nSPS) is 13.2. The van der Waals surface area contributed by atoms with Crippen LogP contribution in [0.2, 0.25) is 0 Å². The summed E-state index contributed by atoms with van der Waals surface area (Å²) in [7, 11) is 0. The lowest BCUT2D eigenvalue weighted by Crippen LogP contribution is -2.39. The van der Waals surface area contributed by atoms with Crippen molar-refractivity contribution in [2.45, 2.75) is 24.5 Å². The second kappa shape index (κ2) is 8.81. The Kier molecular flexibility index (Phi) is 5.94. The largest absolute Gasteiger partial charge is 0.482 e. The van der Waals surface area contributed by atoms with Crippen molar-refractivity contribution in [2.75, 3.05) is 24.3 Å². The molecule has 0 atom stereocenters. The van der Waals surface area contributed by atoms with Crippen LogP contribution >= 0.6 is 11.8 Å². The molecule has 0 unspecified atom stereocenters. The molecule has 0 saturated heterocycles. The van der Waals surface area contributed by atoms with Crippen molar-refractivity contribution in [3.05, 3.63) is 60.1 Å². The van der Waals surface area contributed by atoms with Crippen molar-refractivity contribution in [3.8, 4) is 11.4 Å². The summed E-state index contributed by atoms with van der Waals surface area (Å²) in [5, 5.41) is 0.993. The third-order valence-corrected chi connectivity index (χ3v) is 5.62. The monoisotopic (exact) mass is 437 g/mol. The first-order valence-corrected chi connectivity index (χ1v) is 11.1. The Morgan fingerprint density at radius 1 is 1.26 bits per heavy atom. The van der Waals surface area contributed by atoms with Crippen molar-refractivity contribution in [2.24, 2.45) is 0 Å². The predicted octanol–water partition coefficient (Wildman–Crippen LogP) is 3.18. The first kappa shape index (κ1) is 20.9. The smallest absolute Gasteiger partial charge is 0.278 e. The van der Waals surface area contributed by atoms with Crippen molar-refractivity contribution in [3.63, 3.8) is 0 Å². The van der Waals surface area contributed by atoms with Crippen molar-refractivity contribution < 1.29 is 9.53 Å². The van der Waals surface area contributed by atoms with Crippen LogP contribution < -0.4 is 15.2 Å². The highest BCUT2D eigenvalue weighted by Crippen LogP contribution is 2.35. The lowest BCUT2D eigenvalue weighted by Gasteiger charge is -2.30. The van der Waals surface area contributed by atoms with Crippen molar-refractivity contribution in [1.82, 2.24) is 19.3 Å². The summed E-state index contributed by atoms with van der Waals surface area (Å²) in [5.41, 5.74) is 1.68. The van der Waals surface area contributed by atoms with Gasteiger partial charge in [0.1, 0.15) is 11.1 Å². The minimum absolute atomic E-state index is 0.0123. The molecule has 0 saturated carbocycles. The van der Waals surface area contributed by atoms with Crippen LogP contribution in [0.1, 0.15) is 12.8 Å². The highest BCUT2D eigenvalue weighted by atomic mass is 32.2. The van der Waals surface area contributed by atoms with E-state index in [0.29, 0.717) is 46.4 Å². The third-order valence-electron chi connectivity index (χ3n) is 5.06. The Morgan fingerprint density at radius 2 is 2.10 bits per heavy atom. The highest BCUT2D eigenvalue weighted by Gasteiger charge is 2.26. The van der Waals surface area contributed by atoms with Gasteiger partial charge < -0.3 is 9.64 Å². The quantitative estimate of drug-likeness (QED) is 0.233. The maximum atomic E-state index is 13.0.